The third kappa shape index (κ3) is 3.64. The van der Waals surface area contributed by atoms with Crippen LogP contribution >= 0.6 is 11.3 Å². The van der Waals surface area contributed by atoms with Crippen LogP contribution in [0.3, 0.4) is 0 Å². The van der Waals surface area contributed by atoms with Crippen LogP contribution in [0.15, 0.2) is 48.5 Å². The Hall–Kier alpha value is -2.73. The van der Waals surface area contributed by atoms with Crippen molar-refractivity contribution in [2.75, 3.05) is 13.6 Å². The molecule has 5 nitrogen and oxygen atoms in total. The van der Waals surface area contributed by atoms with Crippen LogP contribution in [-0.2, 0) is 11.3 Å². The highest BCUT2D eigenvalue weighted by Crippen LogP contribution is 2.29. The van der Waals surface area contributed by atoms with E-state index in [0.29, 0.717) is 18.5 Å². The van der Waals surface area contributed by atoms with E-state index in [4.69, 9.17) is 0 Å². The SMILES string of the molecule is C[C@H](c1nc2ccccc2s1)N(C)C(=O)c1cccc(CN2CCCC2=O)c1. The summed E-state index contributed by atoms with van der Waals surface area (Å²) in [5.41, 5.74) is 2.59. The molecule has 2 aromatic carbocycles. The molecule has 0 N–H and O–H groups in total. The average Bonchev–Trinajstić information content (AvgIpc) is 3.32. The van der Waals surface area contributed by atoms with Crippen LogP contribution in [0.1, 0.15) is 46.7 Å². The minimum atomic E-state index is -0.117. The molecule has 0 aliphatic carbocycles. The quantitative estimate of drug-likeness (QED) is 0.651. The number of carbonyl (C=O) groups is 2. The zero-order valence-electron chi connectivity index (χ0n) is 16.1. The van der Waals surface area contributed by atoms with Crippen LogP contribution in [0, 0.1) is 0 Å². The van der Waals surface area contributed by atoms with E-state index in [1.54, 1.807) is 16.2 Å². The van der Waals surface area contributed by atoms with Crippen molar-refractivity contribution < 1.29 is 9.59 Å². The Labute approximate surface area is 168 Å². The summed E-state index contributed by atoms with van der Waals surface area (Å²) in [7, 11) is 1.82. The van der Waals surface area contributed by atoms with E-state index in [1.807, 2.05) is 67.4 Å². The lowest BCUT2D eigenvalue weighted by Crippen LogP contribution is -2.30. The number of likely N-dealkylation sites (tertiary alicyclic amines) is 1. The number of hydrogen-bond acceptors (Lipinski definition) is 4. The van der Waals surface area contributed by atoms with Crippen LogP contribution in [0.2, 0.25) is 0 Å². The van der Waals surface area contributed by atoms with Gasteiger partial charge in [-0.05, 0) is 43.2 Å². The Morgan fingerprint density at radius 3 is 2.82 bits per heavy atom. The molecule has 0 saturated carbocycles. The highest BCUT2D eigenvalue weighted by atomic mass is 32.1. The van der Waals surface area contributed by atoms with Gasteiger partial charge in [-0.2, -0.15) is 0 Å². The van der Waals surface area contributed by atoms with Gasteiger partial charge in [0.15, 0.2) is 0 Å². The summed E-state index contributed by atoms with van der Waals surface area (Å²) in [4.78, 5) is 33.2. The van der Waals surface area contributed by atoms with Gasteiger partial charge in [0.2, 0.25) is 5.91 Å². The Morgan fingerprint density at radius 1 is 1.25 bits per heavy atom. The molecule has 3 aromatic rings. The molecule has 0 radical (unpaired) electrons. The molecule has 1 aromatic heterocycles. The topological polar surface area (TPSA) is 53.5 Å². The van der Waals surface area contributed by atoms with E-state index >= 15 is 0 Å². The second-order valence-electron chi connectivity index (χ2n) is 7.23. The van der Waals surface area contributed by atoms with Gasteiger partial charge >= 0.3 is 0 Å². The molecule has 1 aliphatic heterocycles. The predicted octanol–water partition coefficient (Wildman–Crippen LogP) is 4.25. The standard InChI is InChI=1S/C22H23N3O2S/c1-15(21-23-18-9-3-4-10-19(18)28-21)24(2)22(27)17-8-5-7-16(13-17)14-25-12-6-11-20(25)26/h3-5,7-10,13,15H,6,11-12,14H2,1-2H3/t15-/m1/s1. The van der Waals surface area contributed by atoms with E-state index in [-0.39, 0.29) is 17.9 Å². The number of para-hydroxylation sites is 1. The monoisotopic (exact) mass is 393 g/mol. The highest BCUT2D eigenvalue weighted by molar-refractivity contribution is 7.18. The second-order valence-corrected chi connectivity index (χ2v) is 8.29. The fourth-order valence-electron chi connectivity index (χ4n) is 3.51. The Morgan fingerprint density at radius 2 is 2.07 bits per heavy atom. The summed E-state index contributed by atoms with van der Waals surface area (Å²) in [6.45, 7) is 3.37. The molecule has 144 valence electrons. The summed E-state index contributed by atoms with van der Waals surface area (Å²) >= 11 is 1.62. The highest BCUT2D eigenvalue weighted by Gasteiger charge is 2.23. The maximum absolute atomic E-state index is 13.1. The number of thiazole rings is 1. The number of hydrogen-bond donors (Lipinski definition) is 0. The summed E-state index contributed by atoms with van der Waals surface area (Å²) in [6, 6.07) is 15.5. The van der Waals surface area contributed by atoms with Crippen LogP contribution in [-0.4, -0.2) is 40.2 Å². The van der Waals surface area contributed by atoms with Crippen LogP contribution in [0.4, 0.5) is 0 Å². The minimum Gasteiger partial charge on any atom is -0.338 e. The molecule has 0 unspecified atom stereocenters. The van der Waals surface area contributed by atoms with Gasteiger partial charge in [-0.3, -0.25) is 9.59 Å². The molecular formula is C22H23N3O2S. The summed E-state index contributed by atoms with van der Waals surface area (Å²) < 4.78 is 1.13. The molecule has 4 rings (SSSR count). The summed E-state index contributed by atoms with van der Waals surface area (Å²) in [5, 5.41) is 0.927. The fraction of sp³-hybridized carbons (Fsp3) is 0.318. The number of benzene rings is 2. The minimum absolute atomic E-state index is 0.0404. The maximum Gasteiger partial charge on any atom is 0.254 e. The largest absolute Gasteiger partial charge is 0.338 e. The van der Waals surface area contributed by atoms with Gasteiger partial charge in [-0.1, -0.05) is 24.3 Å². The van der Waals surface area contributed by atoms with E-state index in [1.165, 1.54) is 0 Å². The first-order chi connectivity index (χ1) is 13.5. The molecule has 1 aliphatic rings. The van der Waals surface area contributed by atoms with Crippen molar-refractivity contribution in [3.63, 3.8) is 0 Å². The maximum atomic E-state index is 13.1. The predicted molar refractivity (Wildman–Crippen MR) is 111 cm³/mol. The van der Waals surface area contributed by atoms with Gasteiger partial charge in [0.1, 0.15) is 5.01 Å². The van der Waals surface area contributed by atoms with Gasteiger partial charge < -0.3 is 9.80 Å². The van der Waals surface area contributed by atoms with Crippen molar-refractivity contribution in [3.8, 4) is 0 Å². The number of nitrogens with zero attached hydrogens (tertiary/aromatic N) is 3. The van der Waals surface area contributed by atoms with Gasteiger partial charge in [0.05, 0.1) is 16.3 Å². The lowest BCUT2D eigenvalue weighted by molar-refractivity contribution is -0.128. The van der Waals surface area contributed by atoms with Crippen molar-refractivity contribution in [2.45, 2.75) is 32.4 Å². The number of fused-ring (bicyclic) bond motifs is 1. The lowest BCUT2D eigenvalue weighted by Gasteiger charge is -2.24. The Kier molecular flexibility index (Phi) is 5.13. The molecule has 2 heterocycles. The van der Waals surface area contributed by atoms with Crippen LogP contribution in [0.5, 0.6) is 0 Å². The average molecular weight is 394 g/mol. The molecule has 1 saturated heterocycles. The van der Waals surface area contributed by atoms with E-state index in [2.05, 4.69) is 4.98 Å². The third-order valence-electron chi connectivity index (χ3n) is 5.29. The second kappa shape index (κ2) is 7.72. The van der Waals surface area contributed by atoms with E-state index < -0.39 is 0 Å². The first-order valence-electron chi connectivity index (χ1n) is 9.52. The number of carbonyl (C=O) groups excluding carboxylic acids is 2. The van der Waals surface area contributed by atoms with Crippen molar-refractivity contribution in [2.24, 2.45) is 0 Å². The molecule has 1 fully saturated rings. The van der Waals surface area contributed by atoms with E-state index in [9.17, 15) is 9.59 Å². The van der Waals surface area contributed by atoms with Crippen molar-refractivity contribution in [1.29, 1.82) is 0 Å². The summed E-state index contributed by atoms with van der Waals surface area (Å²) in [6.07, 6.45) is 1.54. The molecule has 28 heavy (non-hydrogen) atoms. The molecular weight excluding hydrogens is 370 g/mol. The number of rotatable bonds is 5. The molecule has 1 atom stereocenters. The van der Waals surface area contributed by atoms with E-state index in [0.717, 1.165) is 33.8 Å². The van der Waals surface area contributed by atoms with Crippen molar-refractivity contribution >= 4 is 33.4 Å². The summed E-state index contributed by atoms with van der Waals surface area (Å²) in [5.74, 6) is 0.152. The first-order valence-corrected chi connectivity index (χ1v) is 10.3. The van der Waals surface area contributed by atoms with Crippen LogP contribution in [0.25, 0.3) is 10.2 Å². The van der Waals surface area contributed by atoms with Crippen molar-refractivity contribution in [1.82, 2.24) is 14.8 Å². The van der Waals surface area contributed by atoms with Gasteiger partial charge in [0, 0.05) is 32.1 Å². The molecule has 6 heteroatoms. The lowest BCUT2D eigenvalue weighted by atomic mass is 10.1. The third-order valence-corrected chi connectivity index (χ3v) is 6.49. The Bertz CT molecular complexity index is 996. The molecule has 0 spiro atoms. The number of aromatic nitrogens is 1. The van der Waals surface area contributed by atoms with Gasteiger partial charge in [0.25, 0.3) is 5.91 Å². The first kappa shape index (κ1) is 18.6. The Balaban J connectivity index is 1.51. The van der Waals surface area contributed by atoms with Crippen LogP contribution < -0.4 is 0 Å². The number of amides is 2. The zero-order chi connectivity index (χ0) is 19.7. The molecule has 0 bridgehead atoms. The smallest absolute Gasteiger partial charge is 0.254 e. The van der Waals surface area contributed by atoms with Crippen molar-refractivity contribution in [3.05, 3.63) is 64.7 Å². The normalized spacial score (nSPS) is 15.2. The van der Waals surface area contributed by atoms with Gasteiger partial charge in [-0.25, -0.2) is 4.98 Å². The van der Waals surface area contributed by atoms with Gasteiger partial charge in [-0.15, -0.1) is 11.3 Å². The molecule has 2 amide bonds. The fourth-order valence-corrected chi connectivity index (χ4v) is 4.57. The zero-order valence-corrected chi connectivity index (χ0v) is 16.9.